The number of benzene rings is 1. The van der Waals surface area contributed by atoms with Gasteiger partial charge in [0, 0.05) is 62.3 Å². The number of rotatable bonds is 6. The molecule has 4 rings (SSSR count). The molecule has 7 heteroatoms. The predicted molar refractivity (Wildman–Crippen MR) is 120 cm³/mol. The van der Waals surface area contributed by atoms with Gasteiger partial charge in [-0.15, -0.1) is 0 Å². The van der Waals surface area contributed by atoms with Crippen LogP contribution in [0.3, 0.4) is 0 Å². The van der Waals surface area contributed by atoms with Gasteiger partial charge in [0.05, 0.1) is 11.1 Å². The first-order valence-electron chi connectivity index (χ1n) is 11.4. The molecule has 1 aromatic carbocycles. The number of pyridine rings is 1. The van der Waals surface area contributed by atoms with Crippen molar-refractivity contribution in [2.24, 2.45) is 0 Å². The number of hydrogen-bond acceptors (Lipinski definition) is 6. The third-order valence-electron chi connectivity index (χ3n) is 6.37. The first kappa shape index (κ1) is 21.7. The summed E-state index contributed by atoms with van der Waals surface area (Å²) in [7, 11) is 0. The normalized spacial score (nSPS) is 17.5. The lowest BCUT2D eigenvalue weighted by molar-refractivity contribution is -0.136. The van der Waals surface area contributed by atoms with E-state index in [4.69, 9.17) is 9.72 Å². The van der Waals surface area contributed by atoms with E-state index in [1.54, 1.807) is 4.90 Å². The lowest BCUT2D eigenvalue weighted by Gasteiger charge is -2.34. The molecule has 2 aliphatic heterocycles. The molecule has 31 heavy (non-hydrogen) atoms. The number of fused-ring (bicyclic) bond motifs is 2. The Labute approximate surface area is 184 Å². The van der Waals surface area contributed by atoms with Crippen molar-refractivity contribution in [2.45, 2.75) is 33.2 Å². The summed E-state index contributed by atoms with van der Waals surface area (Å²) in [5.74, 6) is -0.544. The molecule has 2 aliphatic rings. The fourth-order valence-electron chi connectivity index (χ4n) is 4.59. The number of likely N-dealkylation sites (N-methyl/N-ethyl adjacent to an activating group) is 1. The fraction of sp³-hybridized carbons (Fsp3) is 0.542. The molecular formula is C24H32N4O3. The number of carbonyl (C=O) groups excluding carboxylic acids is 2. The van der Waals surface area contributed by atoms with Crippen molar-refractivity contribution in [3.05, 3.63) is 41.1 Å². The summed E-state index contributed by atoms with van der Waals surface area (Å²) in [4.78, 5) is 37.1. The minimum Gasteiger partial charge on any atom is -0.452 e. The molecule has 0 atom stereocenters. The van der Waals surface area contributed by atoms with Crippen molar-refractivity contribution in [1.82, 2.24) is 19.7 Å². The second-order valence-corrected chi connectivity index (χ2v) is 8.35. The number of hydrogen-bond donors (Lipinski definition) is 0. The van der Waals surface area contributed by atoms with Gasteiger partial charge in [0.2, 0.25) is 0 Å². The molecule has 0 N–H and O–H groups in total. The van der Waals surface area contributed by atoms with Gasteiger partial charge in [0.15, 0.2) is 6.61 Å². The van der Waals surface area contributed by atoms with Crippen LogP contribution in [0.15, 0.2) is 24.3 Å². The standard InChI is InChI=1S/C24H32N4O3/c1-3-10-27-11-9-21-19(16-27)23(18-7-5-6-8-20(18)25-21)24(30)31-17-22(29)28-14-12-26(4-2)13-15-28/h5-8H,3-4,9-17H2,1-2H3. The Morgan fingerprint density at radius 3 is 2.55 bits per heavy atom. The minimum absolute atomic E-state index is 0.121. The van der Waals surface area contributed by atoms with Gasteiger partial charge in [0.1, 0.15) is 0 Å². The zero-order chi connectivity index (χ0) is 21.8. The molecule has 7 nitrogen and oxygen atoms in total. The lowest BCUT2D eigenvalue weighted by Crippen LogP contribution is -2.49. The van der Waals surface area contributed by atoms with Crippen LogP contribution in [0.1, 0.15) is 41.9 Å². The summed E-state index contributed by atoms with van der Waals surface area (Å²) >= 11 is 0. The number of amides is 1. The van der Waals surface area contributed by atoms with Gasteiger partial charge >= 0.3 is 5.97 Å². The summed E-state index contributed by atoms with van der Waals surface area (Å²) in [6.45, 7) is 10.8. The van der Waals surface area contributed by atoms with Crippen LogP contribution in [-0.4, -0.2) is 84.0 Å². The van der Waals surface area contributed by atoms with E-state index in [-0.39, 0.29) is 12.5 Å². The number of piperazine rings is 1. The van der Waals surface area contributed by atoms with E-state index in [9.17, 15) is 9.59 Å². The van der Waals surface area contributed by atoms with E-state index in [1.807, 2.05) is 24.3 Å². The summed E-state index contributed by atoms with van der Waals surface area (Å²) in [5, 5.41) is 0.800. The molecule has 0 saturated carbocycles. The van der Waals surface area contributed by atoms with Gasteiger partial charge in [-0.3, -0.25) is 14.7 Å². The second kappa shape index (κ2) is 9.75. The average molecular weight is 425 g/mol. The van der Waals surface area contributed by atoms with Crippen molar-refractivity contribution in [3.8, 4) is 0 Å². The van der Waals surface area contributed by atoms with Crippen molar-refractivity contribution in [1.29, 1.82) is 0 Å². The summed E-state index contributed by atoms with van der Waals surface area (Å²) in [5.41, 5.74) is 3.30. The Kier molecular flexibility index (Phi) is 6.83. The minimum atomic E-state index is -0.422. The van der Waals surface area contributed by atoms with Crippen LogP contribution < -0.4 is 0 Å². The summed E-state index contributed by atoms with van der Waals surface area (Å²) < 4.78 is 5.58. The SMILES string of the molecule is CCCN1CCc2nc3ccccc3c(C(=O)OCC(=O)N3CCN(CC)CC3)c2C1. The maximum Gasteiger partial charge on any atom is 0.339 e. The van der Waals surface area contributed by atoms with Crippen molar-refractivity contribution >= 4 is 22.8 Å². The zero-order valence-corrected chi connectivity index (χ0v) is 18.6. The molecule has 166 valence electrons. The smallest absolute Gasteiger partial charge is 0.339 e. The molecule has 3 heterocycles. The number of carbonyl (C=O) groups is 2. The van der Waals surface area contributed by atoms with E-state index in [0.29, 0.717) is 25.2 Å². The van der Waals surface area contributed by atoms with E-state index in [2.05, 4.69) is 23.6 Å². The lowest BCUT2D eigenvalue weighted by atomic mass is 9.95. The van der Waals surface area contributed by atoms with E-state index in [1.165, 1.54) is 0 Å². The maximum atomic E-state index is 13.2. The average Bonchev–Trinajstić information content (AvgIpc) is 2.81. The van der Waals surface area contributed by atoms with Crippen LogP contribution in [0.4, 0.5) is 0 Å². The van der Waals surface area contributed by atoms with Crippen LogP contribution in [0, 0.1) is 0 Å². The van der Waals surface area contributed by atoms with Crippen LogP contribution >= 0.6 is 0 Å². The largest absolute Gasteiger partial charge is 0.452 e. The highest BCUT2D eigenvalue weighted by Crippen LogP contribution is 2.29. The van der Waals surface area contributed by atoms with E-state index in [0.717, 1.165) is 67.7 Å². The van der Waals surface area contributed by atoms with E-state index < -0.39 is 5.97 Å². The first-order valence-corrected chi connectivity index (χ1v) is 11.4. The highest BCUT2D eigenvalue weighted by atomic mass is 16.5. The van der Waals surface area contributed by atoms with Crippen molar-refractivity contribution in [2.75, 3.05) is 52.4 Å². The van der Waals surface area contributed by atoms with Crippen LogP contribution in [0.2, 0.25) is 0 Å². The summed E-state index contributed by atoms with van der Waals surface area (Å²) in [6.07, 6.45) is 1.89. The number of esters is 1. The number of ether oxygens (including phenoxy) is 1. The van der Waals surface area contributed by atoms with Crippen LogP contribution in [0.25, 0.3) is 10.9 Å². The molecule has 0 spiro atoms. The first-order chi connectivity index (χ1) is 15.1. The highest BCUT2D eigenvalue weighted by molar-refractivity contribution is 6.05. The molecule has 1 fully saturated rings. The quantitative estimate of drug-likeness (QED) is 0.663. The highest BCUT2D eigenvalue weighted by Gasteiger charge is 2.27. The Morgan fingerprint density at radius 2 is 1.81 bits per heavy atom. The molecule has 0 aliphatic carbocycles. The third kappa shape index (κ3) is 4.72. The molecule has 0 radical (unpaired) electrons. The molecule has 1 saturated heterocycles. The fourth-order valence-corrected chi connectivity index (χ4v) is 4.59. The maximum absolute atomic E-state index is 13.2. The summed E-state index contributed by atoms with van der Waals surface area (Å²) in [6, 6.07) is 7.70. The van der Waals surface area contributed by atoms with Gasteiger partial charge in [-0.05, 0) is 25.6 Å². The van der Waals surface area contributed by atoms with Crippen molar-refractivity contribution < 1.29 is 14.3 Å². The molecular weight excluding hydrogens is 392 g/mol. The zero-order valence-electron chi connectivity index (χ0n) is 18.6. The number of aromatic nitrogens is 1. The van der Waals surface area contributed by atoms with Crippen molar-refractivity contribution in [3.63, 3.8) is 0 Å². The monoisotopic (exact) mass is 424 g/mol. The Bertz CT molecular complexity index is 953. The number of para-hydroxylation sites is 1. The van der Waals surface area contributed by atoms with Gasteiger partial charge in [0.25, 0.3) is 5.91 Å². The Morgan fingerprint density at radius 1 is 1.03 bits per heavy atom. The second-order valence-electron chi connectivity index (χ2n) is 8.35. The predicted octanol–water partition coefficient (Wildman–Crippen LogP) is 2.32. The molecule has 0 unspecified atom stereocenters. The van der Waals surface area contributed by atoms with Crippen LogP contribution in [-0.2, 0) is 22.5 Å². The van der Waals surface area contributed by atoms with Gasteiger partial charge in [-0.1, -0.05) is 32.0 Å². The van der Waals surface area contributed by atoms with Crippen LogP contribution in [0.5, 0.6) is 0 Å². The number of nitrogens with zero attached hydrogens (tertiary/aromatic N) is 4. The van der Waals surface area contributed by atoms with Gasteiger partial charge < -0.3 is 14.5 Å². The Hall–Kier alpha value is -2.51. The van der Waals surface area contributed by atoms with Gasteiger partial charge in [-0.25, -0.2) is 4.79 Å². The molecule has 2 aromatic rings. The third-order valence-corrected chi connectivity index (χ3v) is 6.37. The molecule has 1 amide bonds. The topological polar surface area (TPSA) is 66.0 Å². The molecule has 0 bridgehead atoms. The van der Waals surface area contributed by atoms with Gasteiger partial charge in [-0.2, -0.15) is 0 Å². The molecule has 1 aromatic heterocycles. The Balaban J connectivity index is 1.53. The van der Waals surface area contributed by atoms with E-state index >= 15 is 0 Å².